The Morgan fingerprint density at radius 1 is 0.964 bits per heavy atom. The second-order valence-electron chi connectivity index (χ2n) is 6.26. The van der Waals surface area contributed by atoms with Crippen molar-refractivity contribution in [2.45, 2.75) is 24.7 Å². The van der Waals surface area contributed by atoms with E-state index in [1.54, 1.807) is 36.0 Å². The van der Waals surface area contributed by atoms with Crippen LogP contribution in [0.3, 0.4) is 0 Å². The summed E-state index contributed by atoms with van der Waals surface area (Å²) < 4.78 is 0. The summed E-state index contributed by atoms with van der Waals surface area (Å²) in [7, 11) is 0. The van der Waals surface area contributed by atoms with E-state index in [4.69, 9.17) is 10.5 Å². The number of fused-ring (bicyclic) bond motifs is 1. The SMILES string of the molecule is CCCCN1/C(=C/C(C#N)=c2ccc(=C(C#N)C#N)cc2)Sc2ccccc21. The van der Waals surface area contributed by atoms with Crippen molar-refractivity contribution in [3.05, 3.63) is 70.1 Å². The number of thioether (sulfide) groups is 1. The van der Waals surface area contributed by atoms with Crippen molar-refractivity contribution in [2.24, 2.45) is 0 Å². The van der Waals surface area contributed by atoms with Gasteiger partial charge in [-0.1, -0.05) is 61.5 Å². The Bertz CT molecular complexity index is 1130. The Balaban J connectivity index is 2.07. The van der Waals surface area contributed by atoms with Crippen LogP contribution in [0.4, 0.5) is 5.69 Å². The molecule has 0 radical (unpaired) electrons. The van der Waals surface area contributed by atoms with E-state index in [0.29, 0.717) is 10.8 Å². The zero-order valence-electron chi connectivity index (χ0n) is 15.5. The van der Waals surface area contributed by atoms with Crippen LogP contribution in [-0.4, -0.2) is 6.54 Å². The first-order valence-corrected chi connectivity index (χ1v) is 9.84. The van der Waals surface area contributed by atoms with E-state index < -0.39 is 0 Å². The van der Waals surface area contributed by atoms with Crippen LogP contribution >= 0.6 is 11.8 Å². The molecule has 0 N–H and O–H groups in total. The summed E-state index contributed by atoms with van der Waals surface area (Å²) in [4.78, 5) is 3.46. The molecule has 0 saturated heterocycles. The average molecular weight is 382 g/mol. The van der Waals surface area contributed by atoms with Crippen LogP contribution in [0.5, 0.6) is 0 Å². The zero-order chi connectivity index (χ0) is 19.9. The van der Waals surface area contributed by atoms with E-state index in [1.807, 2.05) is 30.3 Å². The van der Waals surface area contributed by atoms with Crippen LogP contribution in [-0.2, 0) is 0 Å². The van der Waals surface area contributed by atoms with Crippen molar-refractivity contribution in [1.29, 1.82) is 15.8 Å². The first kappa shape index (κ1) is 19.3. The molecule has 0 unspecified atom stereocenters. The highest BCUT2D eigenvalue weighted by molar-refractivity contribution is 8.03. The standard InChI is InChI=1S/C23H18N4S/c1-2-3-12-27-21-6-4-5-7-22(21)28-23(27)13-19(14-24)17-8-10-18(11-9-17)20(15-25)16-26/h4-11,13H,2-3,12H2,1H3/b23-13-. The molecule has 0 aromatic heterocycles. The van der Waals surface area contributed by atoms with E-state index in [9.17, 15) is 5.26 Å². The molecule has 0 bridgehead atoms. The van der Waals surface area contributed by atoms with Gasteiger partial charge >= 0.3 is 0 Å². The minimum Gasteiger partial charge on any atom is -0.335 e. The number of para-hydroxylation sites is 1. The Hall–Kier alpha value is -3.46. The molecule has 0 atom stereocenters. The van der Waals surface area contributed by atoms with Gasteiger partial charge in [0, 0.05) is 16.7 Å². The van der Waals surface area contributed by atoms with Crippen molar-refractivity contribution < 1.29 is 0 Å². The Morgan fingerprint density at radius 2 is 1.64 bits per heavy atom. The summed E-state index contributed by atoms with van der Waals surface area (Å²) in [6.07, 6.45) is 4.10. The summed E-state index contributed by atoms with van der Waals surface area (Å²) in [5.41, 5.74) is 1.80. The van der Waals surface area contributed by atoms with E-state index in [0.717, 1.165) is 29.6 Å². The molecule has 2 aromatic rings. The molecular weight excluding hydrogens is 364 g/mol. The van der Waals surface area contributed by atoms with Crippen molar-refractivity contribution in [3.63, 3.8) is 0 Å². The second kappa shape index (κ2) is 8.96. The van der Waals surface area contributed by atoms with Crippen molar-refractivity contribution in [1.82, 2.24) is 0 Å². The number of benzene rings is 2. The van der Waals surface area contributed by atoms with Crippen LogP contribution in [0.15, 0.2) is 64.5 Å². The predicted molar refractivity (Wildman–Crippen MR) is 112 cm³/mol. The molecule has 2 aromatic carbocycles. The van der Waals surface area contributed by atoms with Gasteiger partial charge in [-0.05, 0) is 29.8 Å². The van der Waals surface area contributed by atoms with E-state index >= 15 is 0 Å². The largest absolute Gasteiger partial charge is 0.335 e. The van der Waals surface area contributed by atoms with E-state index in [1.165, 1.54) is 10.6 Å². The fourth-order valence-corrected chi connectivity index (χ4v) is 4.11. The molecule has 1 heterocycles. The highest BCUT2D eigenvalue weighted by Gasteiger charge is 2.24. The Morgan fingerprint density at radius 3 is 2.29 bits per heavy atom. The predicted octanol–water partition coefficient (Wildman–Crippen LogP) is 3.81. The van der Waals surface area contributed by atoms with Crippen LogP contribution in [0.1, 0.15) is 19.8 Å². The van der Waals surface area contributed by atoms with Crippen LogP contribution in [0, 0.1) is 34.0 Å². The van der Waals surface area contributed by atoms with Crippen LogP contribution < -0.4 is 15.3 Å². The molecule has 1 aliphatic heterocycles. The number of rotatable bonds is 4. The smallest absolute Gasteiger partial charge is 0.136 e. The van der Waals surface area contributed by atoms with E-state index in [-0.39, 0.29) is 5.57 Å². The monoisotopic (exact) mass is 382 g/mol. The normalized spacial score (nSPS) is 13.4. The topological polar surface area (TPSA) is 74.6 Å². The maximum absolute atomic E-state index is 9.72. The summed E-state index contributed by atoms with van der Waals surface area (Å²) in [5.74, 6) is 0. The summed E-state index contributed by atoms with van der Waals surface area (Å²) in [5, 5.41) is 30.1. The lowest BCUT2D eigenvalue weighted by Crippen LogP contribution is -2.19. The third kappa shape index (κ3) is 3.94. The van der Waals surface area contributed by atoms with Crippen LogP contribution in [0.2, 0.25) is 0 Å². The van der Waals surface area contributed by atoms with Gasteiger partial charge in [0.05, 0.1) is 22.4 Å². The Kier molecular flexibility index (Phi) is 6.18. The van der Waals surface area contributed by atoms with Crippen molar-refractivity contribution in [3.8, 4) is 18.2 Å². The molecule has 0 fully saturated rings. The van der Waals surface area contributed by atoms with Gasteiger partial charge in [-0.15, -0.1) is 0 Å². The summed E-state index contributed by atoms with van der Waals surface area (Å²) in [6, 6.07) is 21.3. The maximum Gasteiger partial charge on any atom is 0.136 e. The van der Waals surface area contributed by atoms with Crippen LogP contribution in [0.25, 0.3) is 11.1 Å². The minimum absolute atomic E-state index is 0.0657. The van der Waals surface area contributed by atoms with Gasteiger partial charge in [-0.25, -0.2) is 0 Å². The summed E-state index contributed by atoms with van der Waals surface area (Å²) in [6.45, 7) is 3.08. The number of hydrogen-bond donors (Lipinski definition) is 0. The van der Waals surface area contributed by atoms with Gasteiger partial charge in [-0.2, -0.15) is 15.8 Å². The first-order chi connectivity index (χ1) is 13.7. The first-order valence-electron chi connectivity index (χ1n) is 9.03. The molecule has 0 saturated carbocycles. The highest BCUT2D eigenvalue weighted by Crippen LogP contribution is 2.46. The lowest BCUT2D eigenvalue weighted by molar-refractivity contribution is 0.779. The lowest BCUT2D eigenvalue weighted by atomic mass is 10.1. The minimum atomic E-state index is 0.0657. The lowest BCUT2D eigenvalue weighted by Gasteiger charge is -2.20. The van der Waals surface area contributed by atoms with Gasteiger partial charge < -0.3 is 4.90 Å². The number of nitrogens with zero attached hydrogens (tertiary/aromatic N) is 4. The summed E-state index contributed by atoms with van der Waals surface area (Å²) >= 11 is 1.67. The molecule has 0 amide bonds. The number of allylic oxidation sites excluding steroid dienone is 1. The van der Waals surface area contributed by atoms with E-state index in [2.05, 4.69) is 30.0 Å². The molecular formula is C23H18N4S. The highest BCUT2D eigenvalue weighted by atomic mass is 32.2. The maximum atomic E-state index is 9.72. The molecule has 0 aliphatic carbocycles. The fraction of sp³-hybridized carbons (Fsp3) is 0.174. The van der Waals surface area contributed by atoms with Crippen molar-refractivity contribution in [2.75, 3.05) is 11.4 Å². The number of unbranched alkanes of at least 4 members (excludes halogenated alkanes) is 1. The average Bonchev–Trinajstić information content (AvgIpc) is 3.09. The third-order valence-electron chi connectivity index (χ3n) is 4.47. The third-order valence-corrected chi connectivity index (χ3v) is 5.58. The Labute approximate surface area is 168 Å². The van der Waals surface area contributed by atoms with Crippen molar-refractivity contribution >= 4 is 28.6 Å². The quantitative estimate of drug-likeness (QED) is 0.804. The van der Waals surface area contributed by atoms with Gasteiger partial charge in [0.1, 0.15) is 17.7 Å². The number of nitriles is 3. The van der Waals surface area contributed by atoms with Gasteiger partial charge in [0.2, 0.25) is 0 Å². The zero-order valence-corrected chi connectivity index (χ0v) is 16.3. The van der Waals surface area contributed by atoms with Gasteiger partial charge in [0.25, 0.3) is 0 Å². The molecule has 5 heteroatoms. The second-order valence-corrected chi connectivity index (χ2v) is 7.32. The molecule has 3 rings (SSSR count). The number of hydrogen-bond acceptors (Lipinski definition) is 5. The fourth-order valence-electron chi connectivity index (χ4n) is 2.98. The van der Waals surface area contributed by atoms with Gasteiger partial charge in [0.15, 0.2) is 0 Å². The molecule has 0 spiro atoms. The molecule has 1 aliphatic rings. The van der Waals surface area contributed by atoms with Gasteiger partial charge in [-0.3, -0.25) is 0 Å². The number of anilines is 1. The molecule has 136 valence electrons. The molecule has 28 heavy (non-hydrogen) atoms. The molecule has 4 nitrogen and oxygen atoms in total.